The molecule has 0 saturated carbocycles. The minimum absolute atomic E-state index is 0.167. The van der Waals surface area contributed by atoms with Gasteiger partial charge in [-0.05, 0) is 42.9 Å². The third-order valence-corrected chi connectivity index (χ3v) is 6.26. The van der Waals surface area contributed by atoms with Gasteiger partial charge in [-0.15, -0.1) is 0 Å². The quantitative estimate of drug-likeness (QED) is 0.369. The summed E-state index contributed by atoms with van der Waals surface area (Å²) in [6.07, 6.45) is 0.251. The lowest BCUT2D eigenvalue weighted by Crippen LogP contribution is -2.55. The fourth-order valence-corrected chi connectivity index (χ4v) is 3.99. The molecule has 4 N–H and O–H groups in total. The van der Waals surface area contributed by atoms with Gasteiger partial charge >= 0.3 is 5.97 Å². The molecule has 0 aromatic heterocycles. The zero-order valence-corrected chi connectivity index (χ0v) is 18.8. The molecule has 3 rings (SSSR count). The highest BCUT2D eigenvalue weighted by molar-refractivity contribution is 5.97. The molecule has 10 heteroatoms. The molecule has 3 amide bonds. The monoisotopic (exact) mass is 461 g/mol. The van der Waals surface area contributed by atoms with Gasteiger partial charge in [-0.2, -0.15) is 0 Å². The molecule has 2 fully saturated rings. The average Bonchev–Trinajstić information content (AvgIpc) is 3.45. The number of rotatable bonds is 10. The summed E-state index contributed by atoms with van der Waals surface area (Å²) in [5, 5.41) is 24.1. The lowest BCUT2D eigenvalue weighted by Gasteiger charge is -2.30. The van der Waals surface area contributed by atoms with Gasteiger partial charge in [0.2, 0.25) is 5.91 Å². The summed E-state index contributed by atoms with van der Waals surface area (Å²) in [5.74, 6) is -2.49. The minimum Gasteiger partial charge on any atom is -0.508 e. The number of aliphatic carboxylic acids is 1. The number of nitrogens with one attached hydrogen (secondary N) is 2. The number of carbonyl (C=O) groups is 4. The van der Waals surface area contributed by atoms with E-state index in [-0.39, 0.29) is 11.7 Å². The zero-order chi connectivity index (χ0) is 24.1. The summed E-state index contributed by atoms with van der Waals surface area (Å²) in [4.78, 5) is 50.8. The molecular formula is C23H31N3O7. The molecule has 180 valence electrons. The molecule has 0 aliphatic carbocycles. The minimum atomic E-state index is -1.05. The van der Waals surface area contributed by atoms with Crippen LogP contribution in [0.3, 0.4) is 0 Å². The molecule has 1 aromatic carbocycles. The van der Waals surface area contributed by atoms with Crippen LogP contribution in [0.1, 0.15) is 38.7 Å². The Morgan fingerprint density at radius 3 is 2.45 bits per heavy atom. The van der Waals surface area contributed by atoms with E-state index in [9.17, 15) is 29.4 Å². The number of carboxylic acid groups (broad SMARTS) is 1. The van der Waals surface area contributed by atoms with E-state index in [4.69, 9.17) is 4.74 Å². The highest BCUT2D eigenvalue weighted by atomic mass is 16.6. The number of carbonyl (C=O) groups excluding carboxylic acids is 3. The molecule has 0 radical (unpaired) electrons. The third kappa shape index (κ3) is 6.01. The zero-order valence-electron chi connectivity index (χ0n) is 18.8. The van der Waals surface area contributed by atoms with Crippen LogP contribution in [0.25, 0.3) is 0 Å². The van der Waals surface area contributed by atoms with E-state index < -0.39 is 48.0 Å². The van der Waals surface area contributed by atoms with Crippen LogP contribution in [0.2, 0.25) is 0 Å². The molecule has 2 aliphatic heterocycles. The largest absolute Gasteiger partial charge is 0.508 e. The van der Waals surface area contributed by atoms with Crippen molar-refractivity contribution in [3.8, 4) is 5.75 Å². The van der Waals surface area contributed by atoms with Crippen LogP contribution in [0.5, 0.6) is 5.75 Å². The van der Waals surface area contributed by atoms with Crippen molar-refractivity contribution >= 4 is 23.7 Å². The number of ether oxygens (including phenoxy) is 1. The SMILES string of the molecule is CCC(C)[C@H](NC(=O)C1OC1C(=O)NCCc1ccc(O)cc1)C(=O)N1CCC[C@@H]1C(=O)O. The average molecular weight is 462 g/mol. The molecule has 3 unspecified atom stereocenters. The molecule has 10 nitrogen and oxygen atoms in total. The maximum atomic E-state index is 13.1. The Morgan fingerprint density at radius 2 is 1.82 bits per heavy atom. The second-order valence-electron chi connectivity index (χ2n) is 8.58. The van der Waals surface area contributed by atoms with Crippen LogP contribution in [0, 0.1) is 5.92 Å². The van der Waals surface area contributed by atoms with Crippen LogP contribution in [-0.2, 0) is 30.3 Å². The number of epoxide rings is 1. The van der Waals surface area contributed by atoms with Crippen molar-refractivity contribution in [3.63, 3.8) is 0 Å². The fourth-order valence-electron chi connectivity index (χ4n) is 3.99. The first-order valence-corrected chi connectivity index (χ1v) is 11.3. The summed E-state index contributed by atoms with van der Waals surface area (Å²) < 4.78 is 5.26. The topological polar surface area (TPSA) is 149 Å². The summed E-state index contributed by atoms with van der Waals surface area (Å²) in [6, 6.07) is 4.88. The number of benzene rings is 1. The number of phenolic OH excluding ortho intramolecular Hbond substituents is 1. The number of hydrogen-bond donors (Lipinski definition) is 4. The van der Waals surface area contributed by atoms with Crippen LogP contribution >= 0.6 is 0 Å². The number of hydrogen-bond acceptors (Lipinski definition) is 6. The molecule has 2 heterocycles. The van der Waals surface area contributed by atoms with Crippen molar-refractivity contribution in [3.05, 3.63) is 29.8 Å². The van der Waals surface area contributed by atoms with Crippen LogP contribution < -0.4 is 10.6 Å². The Kier molecular flexibility index (Phi) is 7.91. The van der Waals surface area contributed by atoms with Crippen molar-refractivity contribution in [2.24, 2.45) is 5.92 Å². The van der Waals surface area contributed by atoms with Gasteiger partial charge in [0.15, 0.2) is 12.2 Å². The molecule has 1 aromatic rings. The number of amides is 3. The first kappa shape index (κ1) is 24.5. The van der Waals surface area contributed by atoms with Gasteiger partial charge in [0.1, 0.15) is 17.8 Å². The van der Waals surface area contributed by atoms with Crippen molar-refractivity contribution in [1.82, 2.24) is 15.5 Å². The number of carboxylic acids is 1. The van der Waals surface area contributed by atoms with Gasteiger partial charge < -0.3 is 30.5 Å². The Bertz CT molecular complexity index is 889. The number of nitrogens with zero attached hydrogens (tertiary/aromatic N) is 1. The van der Waals surface area contributed by atoms with E-state index in [1.807, 2.05) is 13.8 Å². The number of aromatic hydroxyl groups is 1. The standard InChI is InChI=1S/C23H31N3O7/c1-3-13(2)17(22(30)26-12-4-5-16(26)23(31)32)25-21(29)19-18(33-19)20(28)24-11-10-14-6-8-15(27)9-7-14/h6-9,13,16-19,27H,3-5,10-12H2,1-2H3,(H,24,28)(H,25,29)(H,31,32)/t13?,16-,17+,18?,19?/m1/s1. The Balaban J connectivity index is 1.51. The lowest BCUT2D eigenvalue weighted by atomic mass is 9.97. The van der Waals surface area contributed by atoms with Gasteiger partial charge in [0, 0.05) is 13.1 Å². The smallest absolute Gasteiger partial charge is 0.326 e. The molecular weight excluding hydrogens is 430 g/mol. The summed E-state index contributed by atoms with van der Waals surface area (Å²) in [5.41, 5.74) is 0.940. The molecule has 2 aliphatic rings. The third-order valence-electron chi connectivity index (χ3n) is 6.26. The summed E-state index contributed by atoms with van der Waals surface area (Å²) in [7, 11) is 0. The Morgan fingerprint density at radius 1 is 1.15 bits per heavy atom. The lowest BCUT2D eigenvalue weighted by molar-refractivity contribution is -0.150. The second kappa shape index (κ2) is 10.7. The normalized spacial score (nSPS) is 23.5. The van der Waals surface area contributed by atoms with E-state index in [1.54, 1.807) is 24.3 Å². The van der Waals surface area contributed by atoms with E-state index in [0.29, 0.717) is 38.8 Å². The summed E-state index contributed by atoms with van der Waals surface area (Å²) in [6.45, 7) is 4.38. The van der Waals surface area contributed by atoms with Crippen molar-refractivity contribution in [2.45, 2.75) is 63.8 Å². The van der Waals surface area contributed by atoms with E-state index in [0.717, 1.165) is 5.56 Å². The molecule has 33 heavy (non-hydrogen) atoms. The van der Waals surface area contributed by atoms with Gasteiger partial charge in [-0.3, -0.25) is 14.4 Å². The van der Waals surface area contributed by atoms with E-state index in [1.165, 1.54) is 4.90 Å². The predicted octanol–water partition coefficient (Wildman–Crippen LogP) is 0.425. The highest BCUT2D eigenvalue weighted by Gasteiger charge is 2.51. The first-order chi connectivity index (χ1) is 15.7. The molecule has 2 saturated heterocycles. The highest BCUT2D eigenvalue weighted by Crippen LogP contribution is 2.25. The predicted molar refractivity (Wildman–Crippen MR) is 117 cm³/mol. The van der Waals surface area contributed by atoms with Gasteiger partial charge in [0.05, 0.1) is 0 Å². The molecule has 5 atom stereocenters. The van der Waals surface area contributed by atoms with Gasteiger partial charge in [-0.1, -0.05) is 32.4 Å². The Labute approximate surface area is 192 Å². The van der Waals surface area contributed by atoms with Crippen LogP contribution in [0.4, 0.5) is 0 Å². The van der Waals surface area contributed by atoms with Crippen molar-refractivity contribution < 1.29 is 34.1 Å². The van der Waals surface area contributed by atoms with E-state index >= 15 is 0 Å². The van der Waals surface area contributed by atoms with Crippen molar-refractivity contribution in [1.29, 1.82) is 0 Å². The van der Waals surface area contributed by atoms with Gasteiger partial charge in [0.25, 0.3) is 11.8 Å². The van der Waals surface area contributed by atoms with Crippen LogP contribution in [0.15, 0.2) is 24.3 Å². The summed E-state index contributed by atoms with van der Waals surface area (Å²) >= 11 is 0. The second-order valence-corrected chi connectivity index (χ2v) is 8.58. The first-order valence-electron chi connectivity index (χ1n) is 11.3. The van der Waals surface area contributed by atoms with Crippen LogP contribution in [-0.4, -0.2) is 76.2 Å². The maximum absolute atomic E-state index is 13.1. The Hall–Kier alpha value is -3.14. The fraction of sp³-hybridized carbons (Fsp3) is 0.565. The van der Waals surface area contributed by atoms with Crippen molar-refractivity contribution in [2.75, 3.05) is 13.1 Å². The molecule has 0 spiro atoms. The number of likely N-dealkylation sites (tertiary alicyclic amines) is 1. The number of phenols is 1. The van der Waals surface area contributed by atoms with Gasteiger partial charge in [-0.25, -0.2) is 4.79 Å². The molecule has 0 bridgehead atoms. The maximum Gasteiger partial charge on any atom is 0.326 e. The van der Waals surface area contributed by atoms with E-state index in [2.05, 4.69) is 10.6 Å².